The van der Waals surface area contributed by atoms with Crippen LogP contribution in [0.25, 0.3) is 0 Å². The van der Waals surface area contributed by atoms with Gasteiger partial charge >= 0.3 is 0 Å². The summed E-state index contributed by atoms with van der Waals surface area (Å²) in [6.07, 6.45) is 2.95. The van der Waals surface area contributed by atoms with Crippen molar-refractivity contribution in [2.75, 3.05) is 11.9 Å². The lowest BCUT2D eigenvalue weighted by Crippen LogP contribution is -2.03. The van der Waals surface area contributed by atoms with Gasteiger partial charge in [0.2, 0.25) is 0 Å². The van der Waals surface area contributed by atoms with Crippen molar-refractivity contribution >= 4 is 16.5 Å². The highest BCUT2D eigenvalue weighted by Crippen LogP contribution is 2.09. The minimum atomic E-state index is 0.753. The zero-order valence-electron chi connectivity index (χ0n) is 6.87. The van der Waals surface area contributed by atoms with E-state index in [1.54, 1.807) is 6.20 Å². The summed E-state index contributed by atoms with van der Waals surface area (Å²) in [5.41, 5.74) is 0. The molecule has 1 N–H and O–H groups in total. The topological polar surface area (TPSA) is 37.8 Å². The second-order valence-corrected chi connectivity index (χ2v) is 3.68. The molecule has 1 aromatic rings. The van der Waals surface area contributed by atoms with Crippen LogP contribution in [0.5, 0.6) is 0 Å². The van der Waals surface area contributed by atoms with Gasteiger partial charge in [0.05, 0.1) is 6.20 Å². The molecule has 0 aliphatic rings. The van der Waals surface area contributed by atoms with E-state index in [9.17, 15) is 0 Å². The molecule has 3 nitrogen and oxygen atoms in total. The third-order valence-electron chi connectivity index (χ3n) is 1.38. The maximum absolute atomic E-state index is 3.75. The minimum Gasteiger partial charge on any atom is -0.374 e. The number of hydrogen-bond acceptors (Lipinski definition) is 4. The highest BCUT2D eigenvalue weighted by molar-refractivity contribution is 7.09. The monoisotopic (exact) mass is 171 g/mol. The summed E-state index contributed by atoms with van der Waals surface area (Å²) in [4.78, 5) is 0. The summed E-state index contributed by atoms with van der Waals surface area (Å²) >= 11 is 1.40. The third-order valence-corrected chi connectivity index (χ3v) is 2.00. The van der Waals surface area contributed by atoms with E-state index < -0.39 is 0 Å². The molecule has 0 amide bonds. The molecule has 11 heavy (non-hydrogen) atoms. The molecule has 0 saturated carbocycles. The standard InChI is InChI=1S/C7H13N3S/c1-6(2)3-4-8-7-5-9-10-11-7/h5-6,8H,3-4H2,1-2H3. The number of anilines is 1. The fraction of sp³-hybridized carbons (Fsp3) is 0.714. The highest BCUT2D eigenvalue weighted by atomic mass is 32.1. The molecule has 0 aromatic carbocycles. The number of hydrogen-bond donors (Lipinski definition) is 1. The second-order valence-electron chi connectivity index (χ2n) is 2.89. The number of nitrogens with one attached hydrogen (secondary N) is 1. The third kappa shape index (κ3) is 3.32. The van der Waals surface area contributed by atoms with Crippen molar-refractivity contribution in [3.8, 4) is 0 Å². The smallest absolute Gasteiger partial charge is 0.130 e. The van der Waals surface area contributed by atoms with E-state index in [1.165, 1.54) is 18.0 Å². The van der Waals surface area contributed by atoms with E-state index in [-0.39, 0.29) is 0 Å². The van der Waals surface area contributed by atoms with Crippen LogP contribution < -0.4 is 5.32 Å². The minimum absolute atomic E-state index is 0.753. The quantitative estimate of drug-likeness (QED) is 0.753. The molecule has 1 rings (SSSR count). The number of rotatable bonds is 4. The molecule has 0 radical (unpaired) electrons. The fourth-order valence-corrected chi connectivity index (χ4v) is 1.17. The van der Waals surface area contributed by atoms with Crippen LogP contribution in [0.3, 0.4) is 0 Å². The summed E-state index contributed by atoms with van der Waals surface area (Å²) in [7, 11) is 0. The van der Waals surface area contributed by atoms with Crippen molar-refractivity contribution in [2.45, 2.75) is 20.3 Å². The summed E-state index contributed by atoms with van der Waals surface area (Å²) in [6, 6.07) is 0. The lowest BCUT2D eigenvalue weighted by atomic mass is 10.1. The molecule has 0 spiro atoms. The van der Waals surface area contributed by atoms with E-state index >= 15 is 0 Å². The summed E-state index contributed by atoms with van der Waals surface area (Å²) < 4.78 is 3.75. The summed E-state index contributed by atoms with van der Waals surface area (Å²) in [6.45, 7) is 5.45. The average Bonchev–Trinajstić information content (AvgIpc) is 2.39. The molecule has 0 aliphatic carbocycles. The molecular weight excluding hydrogens is 158 g/mol. The summed E-state index contributed by atoms with van der Waals surface area (Å²) in [5.74, 6) is 0.753. The Morgan fingerprint density at radius 2 is 2.45 bits per heavy atom. The Balaban J connectivity index is 2.14. The van der Waals surface area contributed by atoms with Crippen LogP contribution >= 0.6 is 11.5 Å². The molecular formula is C7H13N3S. The first-order valence-electron chi connectivity index (χ1n) is 3.80. The van der Waals surface area contributed by atoms with Gasteiger partial charge in [-0.1, -0.05) is 18.3 Å². The molecule has 0 saturated heterocycles. The Bertz CT molecular complexity index is 184. The lowest BCUT2D eigenvalue weighted by Gasteiger charge is -2.04. The van der Waals surface area contributed by atoms with Crippen molar-refractivity contribution < 1.29 is 0 Å². The van der Waals surface area contributed by atoms with Gasteiger partial charge in [0.1, 0.15) is 5.00 Å². The molecule has 0 unspecified atom stereocenters. The van der Waals surface area contributed by atoms with Crippen LogP contribution in [0, 0.1) is 5.92 Å². The van der Waals surface area contributed by atoms with Crippen molar-refractivity contribution in [2.24, 2.45) is 5.92 Å². The predicted octanol–water partition coefficient (Wildman–Crippen LogP) is 2.00. The molecule has 0 aliphatic heterocycles. The van der Waals surface area contributed by atoms with Crippen LogP contribution in [0.4, 0.5) is 5.00 Å². The highest BCUT2D eigenvalue weighted by Gasteiger charge is 1.95. The Kier molecular flexibility index (Phi) is 3.29. The van der Waals surface area contributed by atoms with E-state index in [1.807, 2.05) is 0 Å². The largest absolute Gasteiger partial charge is 0.374 e. The number of nitrogens with zero attached hydrogens (tertiary/aromatic N) is 2. The van der Waals surface area contributed by atoms with Crippen molar-refractivity contribution in [1.82, 2.24) is 9.59 Å². The molecule has 1 aromatic heterocycles. The number of aromatic nitrogens is 2. The van der Waals surface area contributed by atoms with E-state index in [2.05, 4.69) is 28.8 Å². The van der Waals surface area contributed by atoms with Gasteiger partial charge in [0.15, 0.2) is 0 Å². The maximum Gasteiger partial charge on any atom is 0.130 e. The van der Waals surface area contributed by atoms with Gasteiger partial charge in [-0.2, -0.15) is 0 Å². The van der Waals surface area contributed by atoms with Crippen LogP contribution in [-0.2, 0) is 0 Å². The Morgan fingerprint density at radius 1 is 1.64 bits per heavy atom. The maximum atomic E-state index is 3.75. The van der Waals surface area contributed by atoms with Crippen LogP contribution in [-0.4, -0.2) is 16.1 Å². The SMILES string of the molecule is CC(C)CCNc1cnns1. The van der Waals surface area contributed by atoms with Crippen LogP contribution in [0.15, 0.2) is 6.20 Å². The Morgan fingerprint density at radius 3 is 3.00 bits per heavy atom. The van der Waals surface area contributed by atoms with Gasteiger partial charge in [-0.05, 0) is 12.3 Å². The first-order chi connectivity index (χ1) is 5.29. The normalized spacial score (nSPS) is 10.5. The Labute approximate surface area is 71.0 Å². The molecule has 0 fully saturated rings. The van der Waals surface area contributed by atoms with E-state index in [0.29, 0.717) is 0 Å². The summed E-state index contributed by atoms with van der Waals surface area (Å²) in [5, 5.41) is 8.04. The molecule has 0 atom stereocenters. The van der Waals surface area contributed by atoms with Gasteiger partial charge < -0.3 is 5.32 Å². The zero-order chi connectivity index (χ0) is 8.10. The van der Waals surface area contributed by atoms with Gasteiger partial charge in [-0.3, -0.25) is 0 Å². The van der Waals surface area contributed by atoms with E-state index in [0.717, 1.165) is 17.5 Å². The molecule has 0 bridgehead atoms. The second kappa shape index (κ2) is 4.28. The van der Waals surface area contributed by atoms with E-state index in [4.69, 9.17) is 0 Å². The van der Waals surface area contributed by atoms with Gasteiger partial charge in [0, 0.05) is 18.1 Å². The zero-order valence-corrected chi connectivity index (χ0v) is 7.69. The van der Waals surface area contributed by atoms with Crippen molar-refractivity contribution in [3.05, 3.63) is 6.20 Å². The lowest BCUT2D eigenvalue weighted by molar-refractivity contribution is 0.607. The fourth-order valence-electron chi connectivity index (χ4n) is 0.729. The van der Waals surface area contributed by atoms with Gasteiger partial charge in [-0.25, -0.2) is 0 Å². The van der Waals surface area contributed by atoms with Gasteiger partial charge in [-0.15, -0.1) is 5.10 Å². The first kappa shape index (κ1) is 8.46. The van der Waals surface area contributed by atoms with Crippen molar-refractivity contribution in [1.29, 1.82) is 0 Å². The van der Waals surface area contributed by atoms with Crippen LogP contribution in [0.2, 0.25) is 0 Å². The molecule has 4 heteroatoms. The van der Waals surface area contributed by atoms with Crippen LogP contribution in [0.1, 0.15) is 20.3 Å². The molecule has 62 valence electrons. The Hall–Kier alpha value is -0.640. The van der Waals surface area contributed by atoms with Gasteiger partial charge in [0.25, 0.3) is 0 Å². The molecule has 1 heterocycles. The van der Waals surface area contributed by atoms with Crippen molar-refractivity contribution in [3.63, 3.8) is 0 Å². The average molecular weight is 171 g/mol. The first-order valence-corrected chi connectivity index (χ1v) is 4.57. The predicted molar refractivity (Wildman–Crippen MR) is 47.9 cm³/mol.